The molecule has 0 aliphatic carbocycles. The van der Waals surface area contributed by atoms with Crippen molar-refractivity contribution in [2.24, 2.45) is 0 Å². The Kier molecular flexibility index (Phi) is 7.20. The number of nitrogens with zero attached hydrogens (tertiary/aromatic N) is 1. The maximum Gasteiger partial charge on any atom is 0.264 e. The summed E-state index contributed by atoms with van der Waals surface area (Å²) in [5.74, 6) is 0.104. The van der Waals surface area contributed by atoms with Gasteiger partial charge in [-0.3, -0.25) is 9.10 Å². The molecular formula is C19H24N2O5S. The van der Waals surface area contributed by atoms with Gasteiger partial charge in [-0.25, -0.2) is 8.42 Å². The molecule has 0 spiro atoms. The zero-order valence-electron chi connectivity index (χ0n) is 15.4. The summed E-state index contributed by atoms with van der Waals surface area (Å²) in [6.07, 6.45) is 0. The van der Waals surface area contributed by atoms with Crippen LogP contribution in [0.1, 0.15) is 12.5 Å². The van der Waals surface area contributed by atoms with Gasteiger partial charge in [0.15, 0.2) is 6.61 Å². The molecule has 0 bridgehead atoms. The Hall–Kier alpha value is -2.58. The second kappa shape index (κ2) is 9.38. The van der Waals surface area contributed by atoms with E-state index in [1.54, 1.807) is 55.5 Å². The second-order valence-electron chi connectivity index (χ2n) is 5.84. The topological polar surface area (TPSA) is 95.9 Å². The predicted octanol–water partition coefficient (Wildman–Crippen LogP) is 1.70. The third kappa shape index (κ3) is 5.45. The Morgan fingerprint density at radius 3 is 2.30 bits per heavy atom. The molecule has 0 aliphatic rings. The van der Waals surface area contributed by atoms with E-state index in [0.717, 1.165) is 5.56 Å². The molecule has 0 saturated carbocycles. The molecule has 0 fully saturated rings. The molecule has 0 heterocycles. The maximum atomic E-state index is 12.9. The summed E-state index contributed by atoms with van der Waals surface area (Å²) in [6.45, 7) is 3.79. The van der Waals surface area contributed by atoms with E-state index < -0.39 is 10.0 Å². The van der Waals surface area contributed by atoms with Crippen molar-refractivity contribution in [2.45, 2.75) is 18.7 Å². The van der Waals surface area contributed by atoms with Gasteiger partial charge in [0.1, 0.15) is 5.75 Å². The lowest BCUT2D eigenvalue weighted by Gasteiger charge is -2.23. The fourth-order valence-corrected chi connectivity index (χ4v) is 3.91. The van der Waals surface area contributed by atoms with Gasteiger partial charge in [-0.15, -0.1) is 0 Å². The zero-order valence-corrected chi connectivity index (χ0v) is 16.2. The second-order valence-corrected chi connectivity index (χ2v) is 7.70. The number of carbonyl (C=O) groups excluding carboxylic acids is 1. The summed E-state index contributed by atoms with van der Waals surface area (Å²) in [7, 11) is -3.67. The van der Waals surface area contributed by atoms with Gasteiger partial charge in [0.25, 0.3) is 15.9 Å². The van der Waals surface area contributed by atoms with Gasteiger partial charge in [-0.1, -0.05) is 17.7 Å². The first-order valence-electron chi connectivity index (χ1n) is 8.58. The van der Waals surface area contributed by atoms with Crippen molar-refractivity contribution in [3.8, 4) is 5.75 Å². The molecule has 2 aromatic carbocycles. The van der Waals surface area contributed by atoms with Crippen LogP contribution in [0.15, 0.2) is 53.4 Å². The van der Waals surface area contributed by atoms with Gasteiger partial charge in [0.2, 0.25) is 0 Å². The SMILES string of the molecule is CCN(c1ccc(OCC(=O)NCCO)cc1)S(=O)(=O)c1ccc(C)cc1. The van der Waals surface area contributed by atoms with Gasteiger partial charge < -0.3 is 15.2 Å². The standard InChI is InChI=1S/C19H24N2O5S/c1-3-21(27(24,25)18-10-4-15(2)5-11-18)16-6-8-17(9-7-16)26-14-19(23)20-12-13-22/h4-11,22H,3,12-14H2,1-2H3,(H,20,23). The minimum absolute atomic E-state index is 0.136. The molecule has 2 rings (SSSR count). The molecule has 0 unspecified atom stereocenters. The van der Waals surface area contributed by atoms with Gasteiger partial charge >= 0.3 is 0 Å². The molecule has 2 aromatic rings. The number of aryl methyl sites for hydroxylation is 1. The highest BCUT2D eigenvalue weighted by molar-refractivity contribution is 7.92. The summed E-state index contributed by atoms with van der Waals surface area (Å²) in [4.78, 5) is 11.7. The number of aliphatic hydroxyl groups excluding tert-OH is 1. The molecule has 0 saturated heterocycles. The number of rotatable bonds is 9. The van der Waals surface area contributed by atoms with E-state index in [4.69, 9.17) is 9.84 Å². The van der Waals surface area contributed by atoms with E-state index in [2.05, 4.69) is 5.32 Å². The van der Waals surface area contributed by atoms with Crippen molar-refractivity contribution in [2.75, 3.05) is 30.6 Å². The monoisotopic (exact) mass is 392 g/mol. The lowest BCUT2D eigenvalue weighted by Crippen LogP contribution is -2.31. The van der Waals surface area contributed by atoms with Gasteiger partial charge in [0, 0.05) is 13.1 Å². The summed E-state index contributed by atoms with van der Waals surface area (Å²) in [6, 6.07) is 13.2. The van der Waals surface area contributed by atoms with Crippen LogP contribution in [0.5, 0.6) is 5.75 Å². The average molecular weight is 392 g/mol. The molecule has 7 nitrogen and oxygen atoms in total. The van der Waals surface area contributed by atoms with E-state index in [0.29, 0.717) is 11.4 Å². The molecule has 0 aliphatic heterocycles. The molecular weight excluding hydrogens is 368 g/mol. The normalized spacial score (nSPS) is 11.1. The van der Waals surface area contributed by atoms with Crippen LogP contribution in [-0.2, 0) is 14.8 Å². The average Bonchev–Trinajstić information content (AvgIpc) is 2.66. The van der Waals surface area contributed by atoms with Crippen molar-refractivity contribution in [1.82, 2.24) is 5.32 Å². The first-order chi connectivity index (χ1) is 12.9. The van der Waals surface area contributed by atoms with E-state index in [-0.39, 0.29) is 37.1 Å². The smallest absolute Gasteiger partial charge is 0.264 e. The lowest BCUT2D eigenvalue weighted by atomic mass is 10.2. The molecule has 1 amide bonds. The number of carbonyl (C=O) groups is 1. The minimum atomic E-state index is -3.67. The van der Waals surface area contributed by atoms with Crippen LogP contribution in [0.2, 0.25) is 0 Å². The van der Waals surface area contributed by atoms with E-state index in [9.17, 15) is 13.2 Å². The van der Waals surface area contributed by atoms with Gasteiger partial charge in [-0.05, 0) is 50.2 Å². The Morgan fingerprint density at radius 1 is 1.11 bits per heavy atom. The van der Waals surface area contributed by atoms with E-state index in [1.807, 2.05) is 6.92 Å². The maximum absolute atomic E-state index is 12.9. The fraction of sp³-hybridized carbons (Fsp3) is 0.316. The Bertz CT molecular complexity index is 849. The van der Waals surface area contributed by atoms with Crippen molar-refractivity contribution in [3.63, 3.8) is 0 Å². The van der Waals surface area contributed by atoms with Gasteiger partial charge in [0.05, 0.1) is 17.2 Å². The number of nitrogens with one attached hydrogen (secondary N) is 1. The lowest BCUT2D eigenvalue weighted by molar-refractivity contribution is -0.123. The van der Waals surface area contributed by atoms with Crippen molar-refractivity contribution < 1.29 is 23.1 Å². The largest absolute Gasteiger partial charge is 0.484 e. The summed E-state index contributed by atoms with van der Waals surface area (Å²) >= 11 is 0. The van der Waals surface area contributed by atoms with Crippen LogP contribution in [0, 0.1) is 6.92 Å². The van der Waals surface area contributed by atoms with Crippen molar-refractivity contribution in [3.05, 3.63) is 54.1 Å². The summed E-state index contributed by atoms with van der Waals surface area (Å²) in [5.41, 5.74) is 1.50. The first-order valence-corrected chi connectivity index (χ1v) is 10.0. The number of amides is 1. The summed E-state index contributed by atoms with van der Waals surface area (Å²) < 4.78 is 32.5. The minimum Gasteiger partial charge on any atom is -0.484 e. The van der Waals surface area contributed by atoms with Crippen LogP contribution in [0.4, 0.5) is 5.69 Å². The number of anilines is 1. The Morgan fingerprint density at radius 2 is 1.74 bits per heavy atom. The number of hydrogen-bond acceptors (Lipinski definition) is 5. The van der Waals surface area contributed by atoms with E-state index in [1.165, 1.54) is 4.31 Å². The molecule has 0 atom stereocenters. The summed E-state index contributed by atoms with van der Waals surface area (Å²) in [5, 5.41) is 11.1. The predicted molar refractivity (Wildman–Crippen MR) is 103 cm³/mol. The van der Waals surface area contributed by atoms with Crippen molar-refractivity contribution >= 4 is 21.6 Å². The third-order valence-electron chi connectivity index (χ3n) is 3.82. The highest BCUT2D eigenvalue weighted by Gasteiger charge is 2.23. The number of aliphatic hydroxyl groups is 1. The first kappa shape index (κ1) is 20.7. The van der Waals surface area contributed by atoms with Crippen LogP contribution in [0.3, 0.4) is 0 Å². The third-order valence-corrected chi connectivity index (χ3v) is 5.74. The molecule has 146 valence electrons. The Balaban J connectivity index is 2.11. The fourth-order valence-electron chi connectivity index (χ4n) is 2.43. The highest BCUT2D eigenvalue weighted by atomic mass is 32.2. The van der Waals surface area contributed by atoms with E-state index >= 15 is 0 Å². The molecule has 8 heteroatoms. The number of sulfonamides is 1. The van der Waals surface area contributed by atoms with Crippen LogP contribution in [-0.4, -0.2) is 45.7 Å². The number of benzene rings is 2. The number of ether oxygens (including phenoxy) is 1. The van der Waals surface area contributed by atoms with Crippen LogP contribution in [0.25, 0.3) is 0 Å². The molecule has 0 aromatic heterocycles. The number of hydrogen-bond donors (Lipinski definition) is 2. The zero-order chi connectivity index (χ0) is 19.9. The molecule has 27 heavy (non-hydrogen) atoms. The Labute approximate surface area is 159 Å². The van der Waals surface area contributed by atoms with Crippen LogP contribution >= 0.6 is 0 Å². The van der Waals surface area contributed by atoms with Gasteiger partial charge in [-0.2, -0.15) is 0 Å². The van der Waals surface area contributed by atoms with Crippen molar-refractivity contribution in [1.29, 1.82) is 0 Å². The van der Waals surface area contributed by atoms with Crippen LogP contribution < -0.4 is 14.4 Å². The molecule has 2 N–H and O–H groups in total. The highest BCUT2D eigenvalue weighted by Crippen LogP contribution is 2.25. The molecule has 0 radical (unpaired) electrons. The quantitative estimate of drug-likeness (QED) is 0.677.